The van der Waals surface area contributed by atoms with Crippen LogP contribution in [0.1, 0.15) is 36.8 Å². The van der Waals surface area contributed by atoms with E-state index in [1.165, 1.54) is 0 Å². The molecule has 2 aromatic rings. The molecule has 0 spiro atoms. The number of sulfone groups is 1. The number of rotatable bonds is 5. The molecule has 0 aliphatic rings. The topological polar surface area (TPSA) is 73.3 Å². The van der Waals surface area contributed by atoms with E-state index >= 15 is 0 Å². The highest BCUT2D eigenvalue weighted by atomic mass is 32.2. The van der Waals surface area contributed by atoms with Crippen molar-refractivity contribution in [3.8, 4) is 0 Å². The highest BCUT2D eigenvalue weighted by Crippen LogP contribution is 2.21. The molecule has 108 valence electrons. The fourth-order valence-electron chi connectivity index (χ4n) is 1.94. The average Bonchev–Trinajstić information content (AvgIpc) is 2.85. The molecule has 2 rings (SSSR count). The maximum Gasteiger partial charge on any atom is 0.185 e. The Kier molecular flexibility index (Phi) is 4.30. The second-order valence-corrected chi connectivity index (χ2v) is 7.04. The van der Waals surface area contributed by atoms with E-state index < -0.39 is 9.84 Å². The predicted molar refractivity (Wildman–Crippen MR) is 78.0 cm³/mol. The van der Waals surface area contributed by atoms with Crippen molar-refractivity contribution in [2.75, 3.05) is 0 Å². The molecule has 1 heterocycles. The Morgan fingerprint density at radius 1 is 1.05 bits per heavy atom. The smallest absolute Gasteiger partial charge is 0.185 e. The van der Waals surface area contributed by atoms with Crippen LogP contribution in [0.5, 0.6) is 0 Å². The molecule has 5 heteroatoms. The molecule has 0 fully saturated rings. The quantitative estimate of drug-likeness (QED) is 0.920. The van der Waals surface area contributed by atoms with Crippen molar-refractivity contribution in [1.82, 2.24) is 0 Å². The summed E-state index contributed by atoms with van der Waals surface area (Å²) in [5.74, 6) is 1.24. The third-order valence-corrected chi connectivity index (χ3v) is 4.81. The monoisotopic (exact) mass is 293 g/mol. The maximum absolute atomic E-state index is 12.3. The summed E-state index contributed by atoms with van der Waals surface area (Å²) in [5.41, 5.74) is 6.56. The molecule has 20 heavy (non-hydrogen) atoms. The number of nitrogens with two attached hydrogens (primary N) is 1. The Morgan fingerprint density at radius 2 is 1.65 bits per heavy atom. The Balaban J connectivity index is 2.21. The predicted octanol–water partition coefficient (Wildman–Crippen LogP) is 2.84. The van der Waals surface area contributed by atoms with Crippen LogP contribution < -0.4 is 5.73 Å². The molecule has 0 saturated heterocycles. The second kappa shape index (κ2) is 5.81. The van der Waals surface area contributed by atoms with E-state index in [0.29, 0.717) is 22.3 Å². The Morgan fingerprint density at radius 3 is 2.15 bits per heavy atom. The molecule has 1 aromatic heterocycles. The lowest BCUT2D eigenvalue weighted by molar-refractivity contribution is 0.477. The zero-order valence-corrected chi connectivity index (χ0v) is 12.5. The van der Waals surface area contributed by atoms with E-state index in [9.17, 15) is 8.42 Å². The van der Waals surface area contributed by atoms with Gasteiger partial charge in [-0.3, -0.25) is 0 Å². The van der Waals surface area contributed by atoms with Gasteiger partial charge >= 0.3 is 0 Å². The van der Waals surface area contributed by atoms with E-state index in [1.807, 2.05) is 12.1 Å². The highest BCUT2D eigenvalue weighted by molar-refractivity contribution is 7.90. The van der Waals surface area contributed by atoms with E-state index in [4.69, 9.17) is 10.2 Å². The van der Waals surface area contributed by atoms with Gasteiger partial charge in [-0.1, -0.05) is 26.0 Å². The van der Waals surface area contributed by atoms with Crippen molar-refractivity contribution in [1.29, 1.82) is 0 Å². The average molecular weight is 293 g/mol. The lowest BCUT2D eigenvalue weighted by Gasteiger charge is -2.07. The van der Waals surface area contributed by atoms with Crippen LogP contribution in [0.15, 0.2) is 45.7 Å². The van der Waals surface area contributed by atoms with Gasteiger partial charge in [-0.15, -0.1) is 0 Å². The lowest BCUT2D eigenvalue weighted by Crippen LogP contribution is -2.04. The van der Waals surface area contributed by atoms with Crippen molar-refractivity contribution in [3.05, 3.63) is 53.5 Å². The number of benzene rings is 1. The van der Waals surface area contributed by atoms with E-state index in [0.717, 1.165) is 5.56 Å². The van der Waals surface area contributed by atoms with Crippen molar-refractivity contribution in [3.63, 3.8) is 0 Å². The molecule has 0 amide bonds. The van der Waals surface area contributed by atoms with Crippen LogP contribution in [0.3, 0.4) is 0 Å². The number of furan rings is 1. The third-order valence-electron chi connectivity index (χ3n) is 3.16. The minimum atomic E-state index is -3.39. The van der Waals surface area contributed by atoms with Gasteiger partial charge in [0, 0.05) is 0 Å². The molecule has 2 N–H and O–H groups in total. The van der Waals surface area contributed by atoms with Crippen molar-refractivity contribution >= 4 is 9.84 Å². The molecule has 0 aliphatic heterocycles. The molecule has 0 atom stereocenters. The summed E-state index contributed by atoms with van der Waals surface area (Å²) in [7, 11) is -3.39. The molecule has 1 aromatic carbocycles. The fraction of sp³-hybridized carbons (Fsp3) is 0.333. The lowest BCUT2D eigenvalue weighted by atomic mass is 10.0. The first-order valence-corrected chi connectivity index (χ1v) is 8.18. The van der Waals surface area contributed by atoms with Gasteiger partial charge in [0.1, 0.15) is 17.3 Å². The van der Waals surface area contributed by atoms with Crippen molar-refractivity contribution in [2.24, 2.45) is 5.73 Å². The highest BCUT2D eigenvalue weighted by Gasteiger charge is 2.17. The van der Waals surface area contributed by atoms with Crippen LogP contribution in [0.4, 0.5) is 0 Å². The molecule has 0 unspecified atom stereocenters. The van der Waals surface area contributed by atoms with Gasteiger partial charge in [0.15, 0.2) is 9.84 Å². The molecule has 0 aliphatic carbocycles. The second-order valence-electron chi connectivity index (χ2n) is 5.05. The molecule has 4 nitrogen and oxygen atoms in total. The molecule has 0 bridgehead atoms. The largest absolute Gasteiger partial charge is 0.464 e. The first kappa shape index (κ1) is 14.8. The minimum Gasteiger partial charge on any atom is -0.464 e. The SMILES string of the molecule is CC(C)c1ccc(S(=O)(=O)Cc2ccc(CN)o2)cc1. The Hall–Kier alpha value is -1.59. The summed E-state index contributed by atoms with van der Waals surface area (Å²) in [4.78, 5) is 0.313. The zero-order chi connectivity index (χ0) is 14.8. The fourth-order valence-corrected chi connectivity index (χ4v) is 3.19. The molecular formula is C15H19NO3S. The summed E-state index contributed by atoms with van der Waals surface area (Å²) in [5, 5.41) is 0. The molecule has 0 radical (unpaired) electrons. The third kappa shape index (κ3) is 3.29. The minimum absolute atomic E-state index is 0.145. The number of hydrogen-bond acceptors (Lipinski definition) is 4. The Labute approximate surface area is 119 Å². The number of hydrogen-bond donors (Lipinski definition) is 1. The van der Waals surface area contributed by atoms with Gasteiger partial charge in [-0.05, 0) is 35.7 Å². The van der Waals surface area contributed by atoms with Crippen LogP contribution in [0, 0.1) is 0 Å². The summed E-state index contributed by atoms with van der Waals surface area (Å²) in [6, 6.07) is 10.4. The molecular weight excluding hydrogens is 274 g/mol. The summed E-state index contributed by atoms with van der Waals surface area (Å²) in [6.07, 6.45) is 0. The van der Waals surface area contributed by atoms with Crippen LogP contribution in [0.25, 0.3) is 0 Å². The summed E-state index contributed by atoms with van der Waals surface area (Å²) < 4.78 is 29.9. The summed E-state index contributed by atoms with van der Waals surface area (Å²) >= 11 is 0. The van der Waals surface area contributed by atoms with Gasteiger partial charge < -0.3 is 10.2 Å². The Bertz CT molecular complexity index is 669. The van der Waals surface area contributed by atoms with Gasteiger partial charge in [-0.2, -0.15) is 0 Å². The van der Waals surface area contributed by atoms with Crippen LogP contribution in [-0.2, 0) is 22.1 Å². The van der Waals surface area contributed by atoms with Crippen LogP contribution in [0.2, 0.25) is 0 Å². The van der Waals surface area contributed by atoms with E-state index in [1.54, 1.807) is 24.3 Å². The maximum atomic E-state index is 12.3. The first-order valence-electron chi connectivity index (χ1n) is 6.53. The first-order chi connectivity index (χ1) is 9.42. The van der Waals surface area contributed by atoms with Gasteiger partial charge in [0.25, 0.3) is 0 Å². The van der Waals surface area contributed by atoms with Crippen LogP contribution in [-0.4, -0.2) is 8.42 Å². The normalized spacial score (nSPS) is 12.0. The van der Waals surface area contributed by atoms with Gasteiger partial charge in [0.05, 0.1) is 11.4 Å². The van der Waals surface area contributed by atoms with E-state index in [-0.39, 0.29) is 12.3 Å². The van der Waals surface area contributed by atoms with Crippen LogP contribution >= 0.6 is 0 Å². The van der Waals surface area contributed by atoms with E-state index in [2.05, 4.69) is 13.8 Å². The molecule has 0 saturated carbocycles. The van der Waals surface area contributed by atoms with Gasteiger partial charge in [0.2, 0.25) is 0 Å². The zero-order valence-electron chi connectivity index (χ0n) is 11.7. The van der Waals surface area contributed by atoms with Crippen molar-refractivity contribution in [2.45, 2.75) is 37.0 Å². The summed E-state index contributed by atoms with van der Waals surface area (Å²) in [6.45, 7) is 4.41. The van der Waals surface area contributed by atoms with Gasteiger partial charge in [-0.25, -0.2) is 8.42 Å². The van der Waals surface area contributed by atoms with Crippen molar-refractivity contribution < 1.29 is 12.8 Å². The standard InChI is InChI=1S/C15H19NO3S/c1-11(2)12-3-7-15(8-4-12)20(17,18)10-14-6-5-13(9-16)19-14/h3-8,11H,9-10,16H2,1-2H3.